The molecule has 1 aliphatic rings. The van der Waals surface area contributed by atoms with Crippen LogP contribution in [0.15, 0.2) is 12.3 Å². The van der Waals surface area contributed by atoms with E-state index in [1.807, 2.05) is 6.07 Å². The maximum atomic E-state index is 11.5. The number of carbonyl (C=O) groups excluding carboxylic acids is 1. The SMILES string of the molecule is O=C(NCc1ccn[nH]1)C1CCOC1. The highest BCUT2D eigenvalue weighted by Crippen LogP contribution is 2.11. The molecule has 1 fully saturated rings. The maximum Gasteiger partial charge on any atom is 0.225 e. The number of rotatable bonds is 3. The second-order valence-corrected chi connectivity index (χ2v) is 3.36. The molecule has 1 aliphatic heterocycles. The largest absolute Gasteiger partial charge is 0.381 e. The Labute approximate surface area is 81.8 Å². The van der Waals surface area contributed by atoms with Crippen LogP contribution in [0.3, 0.4) is 0 Å². The second-order valence-electron chi connectivity index (χ2n) is 3.36. The molecule has 0 aliphatic carbocycles. The third-order valence-corrected chi connectivity index (χ3v) is 2.31. The number of nitrogens with zero attached hydrogens (tertiary/aromatic N) is 1. The van der Waals surface area contributed by atoms with Crippen molar-refractivity contribution in [3.8, 4) is 0 Å². The van der Waals surface area contributed by atoms with E-state index in [1.54, 1.807) is 6.20 Å². The zero-order valence-corrected chi connectivity index (χ0v) is 7.82. The molecule has 76 valence electrons. The predicted molar refractivity (Wildman–Crippen MR) is 49.4 cm³/mol. The van der Waals surface area contributed by atoms with Crippen LogP contribution in [0.5, 0.6) is 0 Å². The van der Waals surface area contributed by atoms with Crippen molar-refractivity contribution < 1.29 is 9.53 Å². The van der Waals surface area contributed by atoms with Gasteiger partial charge in [0.1, 0.15) is 0 Å². The minimum absolute atomic E-state index is 0.0259. The molecule has 1 atom stereocenters. The van der Waals surface area contributed by atoms with Gasteiger partial charge in [0.25, 0.3) is 0 Å². The zero-order valence-electron chi connectivity index (χ0n) is 7.82. The predicted octanol–water partition coefficient (Wildman–Crippen LogP) is 0.0624. The van der Waals surface area contributed by atoms with Crippen LogP contribution in [0, 0.1) is 5.92 Å². The molecule has 1 saturated heterocycles. The van der Waals surface area contributed by atoms with Gasteiger partial charge < -0.3 is 10.1 Å². The van der Waals surface area contributed by atoms with Gasteiger partial charge >= 0.3 is 0 Å². The third kappa shape index (κ3) is 2.11. The molecule has 0 bridgehead atoms. The van der Waals surface area contributed by atoms with Crippen molar-refractivity contribution in [3.63, 3.8) is 0 Å². The Bertz CT molecular complexity index is 291. The molecular weight excluding hydrogens is 182 g/mol. The number of amides is 1. The van der Waals surface area contributed by atoms with Crippen LogP contribution in [0.2, 0.25) is 0 Å². The third-order valence-electron chi connectivity index (χ3n) is 2.31. The summed E-state index contributed by atoms with van der Waals surface area (Å²) in [5.41, 5.74) is 0.914. The normalized spacial score (nSPS) is 21.0. The molecule has 1 aromatic rings. The van der Waals surface area contributed by atoms with Crippen LogP contribution in [-0.4, -0.2) is 29.3 Å². The van der Waals surface area contributed by atoms with Gasteiger partial charge in [-0.25, -0.2) is 0 Å². The van der Waals surface area contributed by atoms with Crippen molar-refractivity contribution >= 4 is 5.91 Å². The standard InChI is InChI=1S/C9H13N3O2/c13-9(7-2-4-14-6-7)10-5-8-1-3-11-12-8/h1,3,7H,2,4-6H2,(H,10,13)(H,11,12). The molecule has 1 amide bonds. The number of aromatic amines is 1. The van der Waals surface area contributed by atoms with Crippen LogP contribution in [-0.2, 0) is 16.1 Å². The average Bonchev–Trinajstić information content (AvgIpc) is 2.87. The lowest BCUT2D eigenvalue weighted by atomic mass is 10.1. The van der Waals surface area contributed by atoms with Gasteiger partial charge in [-0.1, -0.05) is 0 Å². The molecule has 0 radical (unpaired) electrons. The second kappa shape index (κ2) is 4.23. The Morgan fingerprint density at radius 3 is 3.36 bits per heavy atom. The van der Waals surface area contributed by atoms with Gasteiger partial charge in [0, 0.05) is 12.8 Å². The molecular formula is C9H13N3O2. The van der Waals surface area contributed by atoms with E-state index in [-0.39, 0.29) is 11.8 Å². The minimum Gasteiger partial charge on any atom is -0.381 e. The van der Waals surface area contributed by atoms with E-state index in [0.717, 1.165) is 12.1 Å². The van der Waals surface area contributed by atoms with Gasteiger partial charge in [0.2, 0.25) is 5.91 Å². The average molecular weight is 195 g/mol. The molecule has 2 heterocycles. The lowest BCUT2D eigenvalue weighted by Gasteiger charge is -2.07. The Balaban J connectivity index is 1.77. The summed E-state index contributed by atoms with van der Waals surface area (Å²) in [4.78, 5) is 11.5. The van der Waals surface area contributed by atoms with Gasteiger partial charge in [-0.05, 0) is 12.5 Å². The van der Waals surface area contributed by atoms with Crippen LogP contribution in [0.25, 0.3) is 0 Å². The molecule has 1 unspecified atom stereocenters. The molecule has 0 saturated carbocycles. The van der Waals surface area contributed by atoms with E-state index in [1.165, 1.54) is 0 Å². The molecule has 1 aromatic heterocycles. The summed E-state index contributed by atoms with van der Waals surface area (Å²) >= 11 is 0. The van der Waals surface area contributed by atoms with Crippen molar-refractivity contribution in [2.24, 2.45) is 5.92 Å². The Hall–Kier alpha value is -1.36. The first-order chi connectivity index (χ1) is 6.86. The van der Waals surface area contributed by atoms with E-state index in [0.29, 0.717) is 19.8 Å². The van der Waals surface area contributed by atoms with Gasteiger partial charge in [-0.2, -0.15) is 5.10 Å². The molecule has 0 aromatic carbocycles. The molecule has 5 nitrogen and oxygen atoms in total. The molecule has 2 rings (SSSR count). The molecule has 14 heavy (non-hydrogen) atoms. The van der Waals surface area contributed by atoms with Gasteiger partial charge in [-0.15, -0.1) is 0 Å². The number of aromatic nitrogens is 2. The van der Waals surface area contributed by atoms with Gasteiger partial charge in [-0.3, -0.25) is 9.89 Å². The highest BCUT2D eigenvalue weighted by Gasteiger charge is 2.22. The van der Waals surface area contributed by atoms with Crippen molar-refractivity contribution in [3.05, 3.63) is 18.0 Å². The fourth-order valence-electron chi connectivity index (χ4n) is 1.45. The van der Waals surface area contributed by atoms with Crippen LogP contribution in [0.1, 0.15) is 12.1 Å². The summed E-state index contributed by atoms with van der Waals surface area (Å²) in [6, 6.07) is 1.84. The number of hydrogen-bond acceptors (Lipinski definition) is 3. The van der Waals surface area contributed by atoms with Gasteiger partial charge in [0.15, 0.2) is 0 Å². The zero-order chi connectivity index (χ0) is 9.80. The quantitative estimate of drug-likeness (QED) is 0.716. The summed E-state index contributed by atoms with van der Waals surface area (Å²) in [7, 11) is 0. The number of nitrogens with one attached hydrogen (secondary N) is 2. The summed E-state index contributed by atoms with van der Waals surface area (Å²) in [6.45, 7) is 1.76. The number of ether oxygens (including phenoxy) is 1. The summed E-state index contributed by atoms with van der Waals surface area (Å²) < 4.78 is 5.13. The summed E-state index contributed by atoms with van der Waals surface area (Å²) in [5, 5.41) is 9.42. The number of H-pyrrole nitrogens is 1. The highest BCUT2D eigenvalue weighted by molar-refractivity contribution is 5.78. The van der Waals surface area contributed by atoms with E-state index in [9.17, 15) is 4.79 Å². The first-order valence-electron chi connectivity index (χ1n) is 4.70. The highest BCUT2D eigenvalue weighted by atomic mass is 16.5. The van der Waals surface area contributed by atoms with E-state index in [4.69, 9.17) is 4.74 Å². The smallest absolute Gasteiger partial charge is 0.225 e. The number of hydrogen-bond donors (Lipinski definition) is 2. The fraction of sp³-hybridized carbons (Fsp3) is 0.556. The summed E-state index contributed by atoms with van der Waals surface area (Å²) in [6.07, 6.45) is 2.50. The van der Waals surface area contributed by atoms with Crippen LogP contribution in [0.4, 0.5) is 0 Å². The first kappa shape index (κ1) is 9.21. The van der Waals surface area contributed by atoms with Crippen molar-refractivity contribution in [1.82, 2.24) is 15.5 Å². The van der Waals surface area contributed by atoms with Crippen LogP contribution >= 0.6 is 0 Å². The lowest BCUT2D eigenvalue weighted by Crippen LogP contribution is -2.30. The topological polar surface area (TPSA) is 67.0 Å². The molecule has 2 N–H and O–H groups in total. The maximum absolute atomic E-state index is 11.5. The first-order valence-corrected chi connectivity index (χ1v) is 4.70. The minimum atomic E-state index is 0.0259. The monoisotopic (exact) mass is 195 g/mol. The van der Waals surface area contributed by atoms with Crippen LogP contribution < -0.4 is 5.32 Å². The molecule has 5 heteroatoms. The van der Waals surface area contributed by atoms with Crippen molar-refractivity contribution in [2.75, 3.05) is 13.2 Å². The van der Waals surface area contributed by atoms with E-state index < -0.39 is 0 Å². The molecule has 0 spiro atoms. The Morgan fingerprint density at radius 1 is 1.79 bits per heavy atom. The van der Waals surface area contributed by atoms with Crippen molar-refractivity contribution in [1.29, 1.82) is 0 Å². The number of carbonyl (C=O) groups is 1. The summed E-state index contributed by atoms with van der Waals surface area (Å²) in [5.74, 6) is 0.0926. The van der Waals surface area contributed by atoms with Crippen molar-refractivity contribution in [2.45, 2.75) is 13.0 Å². The fourth-order valence-corrected chi connectivity index (χ4v) is 1.45. The van der Waals surface area contributed by atoms with Gasteiger partial charge in [0.05, 0.1) is 24.8 Å². The van der Waals surface area contributed by atoms with E-state index >= 15 is 0 Å². The van der Waals surface area contributed by atoms with E-state index in [2.05, 4.69) is 15.5 Å². The lowest BCUT2D eigenvalue weighted by molar-refractivity contribution is -0.125. The Kier molecular flexibility index (Phi) is 2.78. The Morgan fingerprint density at radius 2 is 2.71 bits per heavy atom.